The number of carbonyl (C=O) groups excluding carboxylic acids is 1. The maximum atomic E-state index is 11.7. The van der Waals surface area contributed by atoms with Crippen LogP contribution in [0.3, 0.4) is 0 Å². The van der Waals surface area contributed by atoms with Crippen LogP contribution < -0.4 is 4.90 Å². The lowest BCUT2D eigenvalue weighted by Gasteiger charge is -2.29. The molecule has 1 fully saturated rings. The van der Waals surface area contributed by atoms with Gasteiger partial charge < -0.3 is 14.1 Å². The summed E-state index contributed by atoms with van der Waals surface area (Å²) in [6.07, 6.45) is 1.52. The molecule has 5 nitrogen and oxygen atoms in total. The number of carbonyl (C=O) groups is 1. The van der Waals surface area contributed by atoms with Crippen molar-refractivity contribution in [2.75, 3.05) is 24.6 Å². The number of piperidine rings is 1. The Morgan fingerprint density at radius 3 is 2.95 bits per heavy atom. The summed E-state index contributed by atoms with van der Waals surface area (Å²) in [6, 6.07) is 5.98. The number of aromatic nitrogens is 1. The monoisotopic (exact) mass is 308 g/mol. The summed E-state index contributed by atoms with van der Waals surface area (Å²) in [5, 5.41) is 0.642. The van der Waals surface area contributed by atoms with E-state index in [0.29, 0.717) is 17.6 Å². The zero-order valence-corrected chi connectivity index (χ0v) is 12.6. The minimum absolute atomic E-state index is 0.0139. The van der Waals surface area contributed by atoms with Gasteiger partial charge in [0, 0.05) is 18.1 Å². The van der Waals surface area contributed by atoms with Gasteiger partial charge in [-0.2, -0.15) is 4.98 Å². The van der Waals surface area contributed by atoms with Crippen LogP contribution in [-0.4, -0.2) is 30.6 Å². The molecule has 0 atom stereocenters. The first kappa shape index (κ1) is 14.2. The molecule has 0 unspecified atom stereocenters. The Bertz CT molecular complexity index is 647. The molecule has 1 aliphatic rings. The SMILES string of the molecule is CCOC(=O)C1CCN(c2nc3cc(Cl)ccc3o2)CC1. The highest BCUT2D eigenvalue weighted by atomic mass is 35.5. The van der Waals surface area contributed by atoms with E-state index < -0.39 is 0 Å². The number of fused-ring (bicyclic) bond motifs is 1. The van der Waals surface area contributed by atoms with E-state index in [1.807, 2.05) is 13.0 Å². The van der Waals surface area contributed by atoms with Gasteiger partial charge in [0.25, 0.3) is 6.01 Å². The van der Waals surface area contributed by atoms with E-state index in [1.54, 1.807) is 12.1 Å². The van der Waals surface area contributed by atoms with E-state index in [4.69, 9.17) is 20.8 Å². The number of anilines is 1. The summed E-state index contributed by atoms with van der Waals surface area (Å²) < 4.78 is 10.8. The average molecular weight is 309 g/mol. The Morgan fingerprint density at radius 2 is 2.24 bits per heavy atom. The topological polar surface area (TPSA) is 55.6 Å². The molecule has 0 N–H and O–H groups in total. The van der Waals surface area contributed by atoms with Crippen LogP contribution in [0, 0.1) is 5.92 Å². The van der Waals surface area contributed by atoms with E-state index in [9.17, 15) is 4.79 Å². The second-order valence-electron chi connectivity index (χ2n) is 5.12. The molecule has 1 saturated heterocycles. The number of hydrogen-bond acceptors (Lipinski definition) is 5. The average Bonchev–Trinajstić information content (AvgIpc) is 2.90. The first-order valence-electron chi connectivity index (χ1n) is 7.15. The molecule has 1 aliphatic heterocycles. The van der Waals surface area contributed by atoms with Gasteiger partial charge in [0.05, 0.1) is 12.5 Å². The first-order valence-corrected chi connectivity index (χ1v) is 7.53. The summed E-state index contributed by atoms with van der Waals surface area (Å²) in [5.74, 6) is -0.110. The molecular formula is C15H17ClN2O3. The summed E-state index contributed by atoms with van der Waals surface area (Å²) in [7, 11) is 0. The van der Waals surface area contributed by atoms with Crippen LogP contribution in [0.25, 0.3) is 11.1 Å². The molecule has 0 aliphatic carbocycles. The number of benzene rings is 1. The van der Waals surface area contributed by atoms with Crippen molar-refractivity contribution >= 4 is 34.7 Å². The van der Waals surface area contributed by atoms with Crippen molar-refractivity contribution in [1.29, 1.82) is 0 Å². The van der Waals surface area contributed by atoms with E-state index in [0.717, 1.165) is 37.0 Å². The number of rotatable bonds is 3. The highest BCUT2D eigenvalue weighted by Gasteiger charge is 2.28. The highest BCUT2D eigenvalue weighted by Crippen LogP contribution is 2.28. The molecule has 0 bridgehead atoms. The Hall–Kier alpha value is -1.75. The Kier molecular flexibility index (Phi) is 4.01. The second kappa shape index (κ2) is 5.93. The van der Waals surface area contributed by atoms with Gasteiger partial charge in [-0.15, -0.1) is 0 Å². The van der Waals surface area contributed by atoms with E-state index in [2.05, 4.69) is 9.88 Å². The molecule has 0 amide bonds. The largest absolute Gasteiger partial charge is 0.466 e. The molecule has 0 spiro atoms. The lowest BCUT2D eigenvalue weighted by molar-refractivity contribution is -0.148. The van der Waals surface area contributed by atoms with Crippen LogP contribution in [0.1, 0.15) is 19.8 Å². The Morgan fingerprint density at radius 1 is 1.48 bits per heavy atom. The van der Waals surface area contributed by atoms with Gasteiger partial charge in [-0.25, -0.2) is 0 Å². The molecule has 2 heterocycles. The Balaban J connectivity index is 1.69. The minimum Gasteiger partial charge on any atom is -0.466 e. The molecule has 0 saturated carbocycles. The van der Waals surface area contributed by atoms with Gasteiger partial charge in [-0.1, -0.05) is 11.6 Å². The summed E-state index contributed by atoms with van der Waals surface area (Å²) in [6.45, 7) is 3.75. The lowest BCUT2D eigenvalue weighted by Crippen LogP contribution is -2.37. The summed E-state index contributed by atoms with van der Waals surface area (Å²) >= 11 is 5.95. The minimum atomic E-state index is -0.0958. The molecule has 0 radical (unpaired) electrons. The second-order valence-corrected chi connectivity index (χ2v) is 5.56. The van der Waals surface area contributed by atoms with Crippen LogP contribution >= 0.6 is 11.6 Å². The van der Waals surface area contributed by atoms with Crippen molar-refractivity contribution in [1.82, 2.24) is 4.98 Å². The van der Waals surface area contributed by atoms with E-state index >= 15 is 0 Å². The number of esters is 1. The van der Waals surface area contributed by atoms with Crippen molar-refractivity contribution in [2.45, 2.75) is 19.8 Å². The van der Waals surface area contributed by atoms with E-state index in [-0.39, 0.29) is 11.9 Å². The molecule has 21 heavy (non-hydrogen) atoms. The van der Waals surface area contributed by atoms with Crippen LogP contribution in [0.15, 0.2) is 22.6 Å². The Labute approximate surface area is 127 Å². The first-order chi connectivity index (χ1) is 10.2. The molecular weight excluding hydrogens is 292 g/mol. The van der Waals surface area contributed by atoms with Crippen LogP contribution in [0.2, 0.25) is 5.02 Å². The number of nitrogens with zero attached hydrogens (tertiary/aromatic N) is 2. The van der Waals surface area contributed by atoms with Crippen LogP contribution in [0.5, 0.6) is 0 Å². The van der Waals surface area contributed by atoms with Crippen molar-refractivity contribution in [3.05, 3.63) is 23.2 Å². The number of halogens is 1. The van der Waals surface area contributed by atoms with Crippen molar-refractivity contribution in [3.8, 4) is 0 Å². The van der Waals surface area contributed by atoms with Crippen LogP contribution in [-0.2, 0) is 9.53 Å². The normalized spacial score (nSPS) is 16.4. The molecule has 3 rings (SSSR count). The molecule has 112 valence electrons. The molecule has 1 aromatic heterocycles. The van der Waals surface area contributed by atoms with Gasteiger partial charge in [0.1, 0.15) is 5.52 Å². The zero-order valence-electron chi connectivity index (χ0n) is 11.8. The standard InChI is InChI=1S/C15H17ClN2O3/c1-2-20-14(19)10-5-7-18(8-6-10)15-17-12-9-11(16)3-4-13(12)21-15/h3-4,9-10H,2,5-8H2,1H3. The fourth-order valence-corrected chi connectivity index (χ4v) is 2.76. The fourth-order valence-electron chi connectivity index (χ4n) is 2.59. The van der Waals surface area contributed by atoms with Gasteiger partial charge in [-0.3, -0.25) is 4.79 Å². The quantitative estimate of drug-likeness (QED) is 0.815. The smallest absolute Gasteiger partial charge is 0.309 e. The zero-order chi connectivity index (χ0) is 14.8. The third-order valence-electron chi connectivity index (χ3n) is 3.72. The predicted molar refractivity (Wildman–Crippen MR) is 80.6 cm³/mol. The van der Waals surface area contributed by atoms with Gasteiger partial charge in [0.2, 0.25) is 0 Å². The number of oxazole rings is 1. The molecule has 1 aromatic carbocycles. The van der Waals surface area contributed by atoms with Crippen molar-refractivity contribution < 1.29 is 13.9 Å². The number of hydrogen-bond donors (Lipinski definition) is 0. The third-order valence-corrected chi connectivity index (χ3v) is 3.96. The summed E-state index contributed by atoms with van der Waals surface area (Å²) in [5.41, 5.74) is 1.48. The maximum Gasteiger partial charge on any atom is 0.309 e. The third kappa shape index (κ3) is 2.97. The molecule has 6 heteroatoms. The highest BCUT2D eigenvalue weighted by molar-refractivity contribution is 6.31. The van der Waals surface area contributed by atoms with Gasteiger partial charge in [-0.05, 0) is 38.0 Å². The molecule has 2 aromatic rings. The van der Waals surface area contributed by atoms with Crippen molar-refractivity contribution in [3.63, 3.8) is 0 Å². The van der Waals surface area contributed by atoms with Crippen LogP contribution in [0.4, 0.5) is 6.01 Å². The summed E-state index contributed by atoms with van der Waals surface area (Å²) in [4.78, 5) is 18.2. The number of ether oxygens (including phenoxy) is 1. The van der Waals surface area contributed by atoms with Gasteiger partial charge in [0.15, 0.2) is 5.58 Å². The fraction of sp³-hybridized carbons (Fsp3) is 0.467. The predicted octanol–water partition coefficient (Wildman–Crippen LogP) is 3.26. The lowest BCUT2D eigenvalue weighted by atomic mass is 9.97. The van der Waals surface area contributed by atoms with Gasteiger partial charge >= 0.3 is 5.97 Å². The van der Waals surface area contributed by atoms with E-state index in [1.165, 1.54) is 0 Å². The van der Waals surface area contributed by atoms with Crippen molar-refractivity contribution in [2.24, 2.45) is 5.92 Å². The maximum absolute atomic E-state index is 11.7.